The van der Waals surface area contributed by atoms with Gasteiger partial charge in [0.25, 0.3) is 10.1 Å². The third-order valence-electron chi connectivity index (χ3n) is 1.62. The van der Waals surface area contributed by atoms with Crippen LogP contribution in [0.2, 0.25) is 0 Å². The molecular formula is C7H7NaO7S. The number of hydrogen-bond donors (Lipinski definition) is 4. The molecule has 0 amide bonds. The standard InChI is InChI=1S/C7H6O7S.Na.H/c8-5-3(7(10)11)1-2-4(6(5)9)15(12,13)14;;/h1-2,8-9H,(H,10,11)(H,12,13,14);;. The summed E-state index contributed by atoms with van der Waals surface area (Å²) < 4.78 is 29.8. The number of aromatic carboxylic acids is 1. The van der Waals surface area contributed by atoms with Gasteiger partial charge in [0.2, 0.25) is 0 Å². The Morgan fingerprint density at radius 1 is 1.12 bits per heavy atom. The molecule has 0 aliphatic rings. The molecule has 0 saturated carbocycles. The molecule has 84 valence electrons. The van der Waals surface area contributed by atoms with E-state index in [0.29, 0.717) is 6.07 Å². The van der Waals surface area contributed by atoms with Crippen LogP contribution < -0.4 is 0 Å². The monoisotopic (exact) mass is 258 g/mol. The van der Waals surface area contributed by atoms with E-state index in [1.165, 1.54) is 0 Å². The third-order valence-corrected chi connectivity index (χ3v) is 2.51. The summed E-state index contributed by atoms with van der Waals surface area (Å²) in [6.45, 7) is 0. The van der Waals surface area contributed by atoms with Crippen LogP contribution in [0.3, 0.4) is 0 Å². The molecule has 16 heavy (non-hydrogen) atoms. The van der Waals surface area contributed by atoms with E-state index >= 15 is 0 Å². The molecule has 0 atom stereocenters. The van der Waals surface area contributed by atoms with Gasteiger partial charge in [0.1, 0.15) is 10.5 Å². The number of carboxylic acids is 1. The van der Waals surface area contributed by atoms with E-state index in [2.05, 4.69) is 0 Å². The molecule has 0 fully saturated rings. The normalized spacial score (nSPS) is 10.6. The zero-order valence-corrected chi connectivity index (χ0v) is 7.89. The van der Waals surface area contributed by atoms with Crippen molar-refractivity contribution in [2.24, 2.45) is 0 Å². The third kappa shape index (κ3) is 2.86. The fourth-order valence-corrected chi connectivity index (χ4v) is 1.52. The van der Waals surface area contributed by atoms with Gasteiger partial charge in [-0.3, -0.25) is 4.55 Å². The number of hydrogen-bond acceptors (Lipinski definition) is 5. The van der Waals surface area contributed by atoms with Crippen molar-refractivity contribution in [3.05, 3.63) is 17.7 Å². The quantitative estimate of drug-likeness (QED) is 0.316. The van der Waals surface area contributed by atoms with Gasteiger partial charge in [-0.05, 0) is 12.1 Å². The molecule has 0 saturated heterocycles. The van der Waals surface area contributed by atoms with E-state index in [1.54, 1.807) is 0 Å². The van der Waals surface area contributed by atoms with Gasteiger partial charge in [0.15, 0.2) is 11.5 Å². The molecule has 0 spiro atoms. The molecule has 0 aromatic heterocycles. The molecule has 7 nitrogen and oxygen atoms in total. The first-order chi connectivity index (χ1) is 6.75. The topological polar surface area (TPSA) is 132 Å². The van der Waals surface area contributed by atoms with E-state index in [9.17, 15) is 13.2 Å². The van der Waals surface area contributed by atoms with Gasteiger partial charge in [-0.2, -0.15) is 8.42 Å². The summed E-state index contributed by atoms with van der Waals surface area (Å²) in [6.07, 6.45) is 0. The summed E-state index contributed by atoms with van der Waals surface area (Å²) in [6, 6.07) is 1.42. The molecule has 0 unspecified atom stereocenters. The Hall–Kier alpha value is -0.800. The Bertz CT molecular complexity index is 522. The average Bonchev–Trinajstić information content (AvgIpc) is 2.06. The van der Waals surface area contributed by atoms with Crippen LogP contribution in [-0.2, 0) is 10.1 Å². The van der Waals surface area contributed by atoms with Crippen molar-refractivity contribution in [3.8, 4) is 11.5 Å². The van der Waals surface area contributed by atoms with E-state index < -0.39 is 38.0 Å². The minimum absolute atomic E-state index is 0. The SMILES string of the molecule is O=C(O)c1ccc(S(=O)(=O)O)c(O)c1O.[NaH]. The van der Waals surface area contributed by atoms with Crippen molar-refractivity contribution in [1.29, 1.82) is 0 Å². The van der Waals surface area contributed by atoms with Crippen molar-refractivity contribution in [2.45, 2.75) is 4.90 Å². The molecule has 0 heterocycles. The zero-order chi connectivity index (χ0) is 11.8. The summed E-state index contributed by atoms with van der Waals surface area (Å²) in [5, 5.41) is 26.7. The fourth-order valence-electron chi connectivity index (χ4n) is 0.942. The molecule has 4 N–H and O–H groups in total. The molecule has 0 bridgehead atoms. The predicted octanol–water partition coefficient (Wildman–Crippen LogP) is -0.606. The number of phenols is 2. The van der Waals surface area contributed by atoms with Crippen LogP contribution in [0, 0.1) is 0 Å². The van der Waals surface area contributed by atoms with Crippen molar-refractivity contribution >= 4 is 45.6 Å². The number of benzene rings is 1. The number of aromatic hydroxyl groups is 2. The van der Waals surface area contributed by atoms with Crippen LogP contribution in [0.5, 0.6) is 11.5 Å². The van der Waals surface area contributed by atoms with Crippen LogP contribution in [-0.4, -0.2) is 63.8 Å². The molecule has 1 aromatic rings. The van der Waals surface area contributed by atoms with Crippen molar-refractivity contribution in [3.63, 3.8) is 0 Å². The van der Waals surface area contributed by atoms with Gasteiger partial charge < -0.3 is 15.3 Å². The maximum absolute atomic E-state index is 10.6. The molecule has 1 aromatic carbocycles. The number of carbonyl (C=O) groups is 1. The van der Waals surface area contributed by atoms with Gasteiger partial charge in [-0.1, -0.05) is 0 Å². The van der Waals surface area contributed by atoms with E-state index in [1.807, 2.05) is 0 Å². The Labute approximate surface area is 112 Å². The number of carboxylic acid groups (broad SMARTS) is 1. The molecule has 0 aliphatic carbocycles. The Morgan fingerprint density at radius 3 is 2.00 bits per heavy atom. The van der Waals surface area contributed by atoms with E-state index in [0.717, 1.165) is 6.07 Å². The molecular weight excluding hydrogens is 251 g/mol. The Morgan fingerprint density at radius 2 is 1.62 bits per heavy atom. The van der Waals surface area contributed by atoms with Crippen molar-refractivity contribution in [2.75, 3.05) is 0 Å². The van der Waals surface area contributed by atoms with Gasteiger partial charge in [-0.25, -0.2) is 4.79 Å². The second kappa shape index (κ2) is 5.02. The summed E-state index contributed by atoms with van der Waals surface area (Å²) in [7, 11) is -4.70. The molecule has 1 rings (SSSR count). The van der Waals surface area contributed by atoms with Gasteiger partial charge in [0.05, 0.1) is 0 Å². The van der Waals surface area contributed by atoms with Crippen LogP contribution in [0.25, 0.3) is 0 Å². The Kier molecular flexibility index (Phi) is 4.77. The first kappa shape index (κ1) is 15.2. The van der Waals surface area contributed by atoms with Crippen LogP contribution in [0.15, 0.2) is 17.0 Å². The van der Waals surface area contributed by atoms with E-state index in [4.69, 9.17) is 19.9 Å². The molecule has 0 radical (unpaired) electrons. The second-order valence-electron chi connectivity index (χ2n) is 2.59. The summed E-state index contributed by atoms with van der Waals surface area (Å²) >= 11 is 0. The summed E-state index contributed by atoms with van der Waals surface area (Å²) in [4.78, 5) is 9.50. The summed E-state index contributed by atoms with van der Waals surface area (Å²) in [5.41, 5.74) is -0.667. The Balaban J connectivity index is 0.00000225. The molecule has 9 heteroatoms. The second-order valence-corrected chi connectivity index (χ2v) is 3.98. The number of rotatable bonds is 2. The first-order valence-electron chi connectivity index (χ1n) is 3.51. The van der Waals surface area contributed by atoms with Gasteiger partial charge >= 0.3 is 35.5 Å². The van der Waals surface area contributed by atoms with Crippen molar-refractivity contribution in [1.82, 2.24) is 0 Å². The van der Waals surface area contributed by atoms with Crippen LogP contribution in [0.1, 0.15) is 10.4 Å². The minimum atomic E-state index is -4.70. The van der Waals surface area contributed by atoms with E-state index in [-0.39, 0.29) is 29.6 Å². The van der Waals surface area contributed by atoms with Gasteiger partial charge in [0, 0.05) is 0 Å². The van der Waals surface area contributed by atoms with Crippen molar-refractivity contribution < 1.29 is 33.1 Å². The predicted molar refractivity (Wildman–Crippen MR) is 53.7 cm³/mol. The average molecular weight is 258 g/mol. The molecule has 0 aliphatic heterocycles. The maximum atomic E-state index is 10.6. The van der Waals surface area contributed by atoms with Crippen LogP contribution in [0.4, 0.5) is 0 Å². The first-order valence-corrected chi connectivity index (χ1v) is 4.95. The zero-order valence-electron chi connectivity index (χ0n) is 7.08. The number of phenolic OH excluding ortho intramolecular Hbond substituents is 1. The summed E-state index contributed by atoms with van der Waals surface area (Å²) in [5.74, 6) is -3.85. The van der Waals surface area contributed by atoms with Crippen LogP contribution >= 0.6 is 0 Å². The van der Waals surface area contributed by atoms with Gasteiger partial charge in [-0.15, -0.1) is 0 Å². The fraction of sp³-hybridized carbons (Fsp3) is 0.